The second-order valence-electron chi connectivity index (χ2n) is 6.49. The normalized spacial score (nSPS) is 11.2. The SMILES string of the molecule is Cn1cc(-c2ccc3cnc(NC(=O)c4cccc5ncoc45)cc3c2)cn1. The lowest BCUT2D eigenvalue weighted by atomic mass is 10.1. The largest absolute Gasteiger partial charge is 0.443 e. The van der Waals surface area contributed by atoms with Crippen LogP contribution in [0.5, 0.6) is 0 Å². The number of hydrogen-bond acceptors (Lipinski definition) is 5. The number of aryl methyl sites for hydroxylation is 1. The van der Waals surface area contributed by atoms with Crippen molar-refractivity contribution in [2.45, 2.75) is 0 Å². The van der Waals surface area contributed by atoms with E-state index in [1.165, 1.54) is 6.39 Å². The first-order valence-corrected chi connectivity index (χ1v) is 8.70. The molecule has 0 atom stereocenters. The highest BCUT2D eigenvalue weighted by molar-refractivity contribution is 6.11. The molecule has 0 aliphatic heterocycles. The van der Waals surface area contributed by atoms with E-state index in [1.54, 1.807) is 29.1 Å². The van der Waals surface area contributed by atoms with E-state index in [4.69, 9.17) is 4.42 Å². The summed E-state index contributed by atoms with van der Waals surface area (Å²) >= 11 is 0. The molecule has 0 fully saturated rings. The lowest BCUT2D eigenvalue weighted by Gasteiger charge is -2.07. The van der Waals surface area contributed by atoms with Gasteiger partial charge in [0.25, 0.3) is 5.91 Å². The average molecular weight is 369 g/mol. The van der Waals surface area contributed by atoms with Crippen molar-refractivity contribution in [3.63, 3.8) is 0 Å². The monoisotopic (exact) mass is 369 g/mol. The Morgan fingerprint density at radius 2 is 1.96 bits per heavy atom. The quantitative estimate of drug-likeness (QED) is 0.519. The Bertz CT molecular complexity index is 1340. The molecule has 0 aliphatic rings. The fourth-order valence-electron chi connectivity index (χ4n) is 3.21. The third-order valence-corrected chi connectivity index (χ3v) is 4.60. The van der Waals surface area contributed by atoms with Crippen molar-refractivity contribution < 1.29 is 9.21 Å². The van der Waals surface area contributed by atoms with E-state index in [1.807, 2.05) is 37.6 Å². The summed E-state index contributed by atoms with van der Waals surface area (Å²) in [4.78, 5) is 21.1. The van der Waals surface area contributed by atoms with Crippen molar-refractivity contribution in [2.75, 3.05) is 5.32 Å². The van der Waals surface area contributed by atoms with Gasteiger partial charge in [-0.25, -0.2) is 9.97 Å². The molecule has 0 spiro atoms. The molecule has 136 valence electrons. The highest BCUT2D eigenvalue weighted by Gasteiger charge is 2.14. The van der Waals surface area contributed by atoms with E-state index in [-0.39, 0.29) is 5.91 Å². The zero-order valence-electron chi connectivity index (χ0n) is 15.0. The molecule has 5 aromatic rings. The van der Waals surface area contributed by atoms with Crippen LogP contribution in [0.2, 0.25) is 0 Å². The maximum Gasteiger partial charge on any atom is 0.260 e. The third-order valence-electron chi connectivity index (χ3n) is 4.60. The number of pyridine rings is 1. The minimum Gasteiger partial charge on any atom is -0.443 e. The summed E-state index contributed by atoms with van der Waals surface area (Å²) in [6.07, 6.45) is 6.86. The van der Waals surface area contributed by atoms with Gasteiger partial charge in [0.05, 0.1) is 11.8 Å². The number of benzene rings is 2. The highest BCUT2D eigenvalue weighted by Crippen LogP contribution is 2.25. The maximum absolute atomic E-state index is 12.7. The molecule has 0 aliphatic carbocycles. The van der Waals surface area contributed by atoms with Gasteiger partial charge in [0.15, 0.2) is 12.0 Å². The number of carbonyl (C=O) groups is 1. The van der Waals surface area contributed by atoms with Crippen LogP contribution in [0.4, 0.5) is 5.82 Å². The number of aromatic nitrogens is 4. The summed E-state index contributed by atoms with van der Waals surface area (Å²) in [6.45, 7) is 0. The Morgan fingerprint density at radius 1 is 1.04 bits per heavy atom. The Kier molecular flexibility index (Phi) is 3.65. The van der Waals surface area contributed by atoms with Crippen LogP contribution in [0.3, 0.4) is 0 Å². The number of carbonyl (C=O) groups excluding carboxylic acids is 1. The first-order valence-electron chi connectivity index (χ1n) is 8.70. The maximum atomic E-state index is 12.7. The molecule has 0 saturated heterocycles. The number of oxazole rings is 1. The van der Waals surface area contributed by atoms with Gasteiger partial charge in [-0.15, -0.1) is 0 Å². The van der Waals surface area contributed by atoms with Gasteiger partial charge in [0.1, 0.15) is 11.3 Å². The van der Waals surface area contributed by atoms with E-state index < -0.39 is 0 Å². The molecule has 3 heterocycles. The number of nitrogens with zero attached hydrogens (tertiary/aromatic N) is 4. The van der Waals surface area contributed by atoms with Crippen molar-refractivity contribution in [3.8, 4) is 11.1 Å². The summed E-state index contributed by atoms with van der Waals surface area (Å²) in [7, 11) is 1.89. The van der Waals surface area contributed by atoms with Crippen LogP contribution in [0.25, 0.3) is 33.0 Å². The number of anilines is 1. The number of hydrogen-bond donors (Lipinski definition) is 1. The Hall–Kier alpha value is -4.00. The van der Waals surface area contributed by atoms with Gasteiger partial charge in [-0.05, 0) is 35.2 Å². The Morgan fingerprint density at radius 3 is 2.82 bits per heavy atom. The molecule has 2 aromatic carbocycles. The van der Waals surface area contributed by atoms with E-state index >= 15 is 0 Å². The predicted molar refractivity (Wildman–Crippen MR) is 106 cm³/mol. The number of fused-ring (bicyclic) bond motifs is 2. The first kappa shape index (κ1) is 16.2. The molecule has 1 N–H and O–H groups in total. The van der Waals surface area contributed by atoms with Crippen LogP contribution in [-0.4, -0.2) is 25.7 Å². The van der Waals surface area contributed by atoms with Crippen LogP contribution in [0, 0.1) is 0 Å². The zero-order chi connectivity index (χ0) is 19.1. The van der Waals surface area contributed by atoms with E-state index in [2.05, 4.69) is 26.4 Å². The van der Waals surface area contributed by atoms with Crippen molar-refractivity contribution in [3.05, 3.63) is 73.0 Å². The first-order chi connectivity index (χ1) is 13.7. The van der Waals surface area contributed by atoms with Crippen LogP contribution < -0.4 is 5.32 Å². The number of rotatable bonds is 3. The standard InChI is InChI=1S/C21H15N5O2/c1-26-11-16(10-24-26)13-5-6-14-9-22-19(8-15(14)7-13)25-21(27)17-3-2-4-18-20(17)28-12-23-18/h2-12H,1H3,(H,22,25,27). The number of nitrogens with one attached hydrogen (secondary N) is 1. The topological polar surface area (TPSA) is 85.8 Å². The van der Waals surface area contributed by atoms with E-state index in [0.29, 0.717) is 22.5 Å². The van der Waals surface area contributed by atoms with Gasteiger partial charge in [-0.1, -0.05) is 18.2 Å². The van der Waals surface area contributed by atoms with Gasteiger partial charge >= 0.3 is 0 Å². The van der Waals surface area contributed by atoms with Crippen molar-refractivity contribution in [2.24, 2.45) is 7.05 Å². The van der Waals surface area contributed by atoms with E-state index in [9.17, 15) is 4.79 Å². The fraction of sp³-hybridized carbons (Fsp3) is 0.0476. The summed E-state index contributed by atoms with van der Waals surface area (Å²) in [5.74, 6) is 0.176. The summed E-state index contributed by atoms with van der Waals surface area (Å²) in [6, 6.07) is 13.2. The average Bonchev–Trinajstić information content (AvgIpc) is 3.36. The molecule has 7 nitrogen and oxygen atoms in total. The van der Waals surface area contributed by atoms with Gasteiger partial charge in [-0.3, -0.25) is 9.48 Å². The molecule has 0 saturated carbocycles. The molecule has 28 heavy (non-hydrogen) atoms. The molecular formula is C21H15N5O2. The molecule has 0 unspecified atom stereocenters. The highest BCUT2D eigenvalue weighted by atomic mass is 16.3. The van der Waals surface area contributed by atoms with E-state index in [0.717, 1.165) is 21.9 Å². The fourth-order valence-corrected chi connectivity index (χ4v) is 3.21. The molecule has 5 rings (SSSR count). The van der Waals surface area contributed by atoms with Crippen molar-refractivity contribution in [1.29, 1.82) is 0 Å². The Labute approximate surface area is 159 Å². The van der Waals surface area contributed by atoms with Crippen LogP contribution in [0.15, 0.2) is 71.9 Å². The Balaban J connectivity index is 1.49. The van der Waals surface area contributed by atoms with Gasteiger partial charge in [0, 0.05) is 30.4 Å². The van der Waals surface area contributed by atoms with Gasteiger partial charge in [0.2, 0.25) is 0 Å². The molecule has 3 aromatic heterocycles. The van der Waals surface area contributed by atoms with Crippen LogP contribution in [0.1, 0.15) is 10.4 Å². The predicted octanol–water partition coefficient (Wildman–Crippen LogP) is 4.03. The van der Waals surface area contributed by atoms with Crippen LogP contribution >= 0.6 is 0 Å². The lowest BCUT2D eigenvalue weighted by Crippen LogP contribution is -2.13. The second kappa shape index (κ2) is 6.31. The minimum absolute atomic E-state index is 0.294. The van der Waals surface area contributed by atoms with Gasteiger partial charge < -0.3 is 9.73 Å². The third kappa shape index (κ3) is 2.79. The zero-order valence-corrected chi connectivity index (χ0v) is 15.0. The second-order valence-corrected chi connectivity index (χ2v) is 6.49. The molecular weight excluding hydrogens is 354 g/mol. The lowest BCUT2D eigenvalue weighted by molar-refractivity contribution is 0.102. The van der Waals surface area contributed by atoms with Crippen LogP contribution in [-0.2, 0) is 7.05 Å². The molecule has 7 heteroatoms. The number of amides is 1. The molecule has 0 bridgehead atoms. The summed E-state index contributed by atoms with van der Waals surface area (Å²) < 4.78 is 7.11. The molecule has 1 amide bonds. The van der Waals surface area contributed by atoms with Gasteiger partial charge in [-0.2, -0.15) is 5.10 Å². The summed E-state index contributed by atoms with van der Waals surface area (Å²) in [5, 5.41) is 9.02. The number of para-hydroxylation sites is 1. The van der Waals surface area contributed by atoms with Crippen molar-refractivity contribution in [1.82, 2.24) is 19.7 Å². The smallest absolute Gasteiger partial charge is 0.260 e. The van der Waals surface area contributed by atoms with Crippen molar-refractivity contribution >= 4 is 33.6 Å². The molecule has 0 radical (unpaired) electrons. The summed E-state index contributed by atoms with van der Waals surface area (Å²) in [5.41, 5.74) is 3.60. The minimum atomic E-state index is -0.294.